The van der Waals surface area contributed by atoms with E-state index in [1.54, 1.807) is 28.7 Å². The molecule has 0 amide bonds. The third-order valence-electron chi connectivity index (χ3n) is 2.16. The molecule has 0 bridgehead atoms. The minimum atomic E-state index is 0.874. The Morgan fingerprint density at radius 2 is 2.33 bits per heavy atom. The summed E-state index contributed by atoms with van der Waals surface area (Å²) in [5, 5.41) is 8.46. The van der Waals surface area contributed by atoms with Crippen LogP contribution in [-0.2, 0) is 5.75 Å². The molecule has 0 saturated carbocycles. The van der Waals surface area contributed by atoms with Crippen molar-refractivity contribution in [2.24, 2.45) is 0 Å². The van der Waals surface area contributed by atoms with Crippen molar-refractivity contribution < 1.29 is 4.74 Å². The lowest BCUT2D eigenvalue weighted by Crippen LogP contribution is -1.83. The number of benzene rings is 1. The second kappa shape index (κ2) is 4.81. The van der Waals surface area contributed by atoms with Crippen LogP contribution < -0.4 is 4.74 Å². The molecule has 5 heteroatoms. The molecular formula is C10H12N2OS2. The first-order chi connectivity index (χ1) is 7.35. The molecular weight excluding hydrogens is 228 g/mol. The van der Waals surface area contributed by atoms with E-state index in [9.17, 15) is 0 Å². The maximum absolute atomic E-state index is 5.20. The SMILES string of the molecule is COc1ccc2[nH]nc(CSSC)c2c1. The molecule has 0 saturated heterocycles. The predicted molar refractivity (Wildman–Crippen MR) is 67.5 cm³/mol. The number of hydrogen-bond donors (Lipinski definition) is 1. The molecule has 0 aliphatic rings. The Kier molecular flexibility index (Phi) is 3.43. The molecule has 15 heavy (non-hydrogen) atoms. The molecule has 80 valence electrons. The summed E-state index contributed by atoms with van der Waals surface area (Å²) in [4.78, 5) is 0. The molecule has 2 aromatic rings. The van der Waals surface area contributed by atoms with Gasteiger partial charge in [-0.2, -0.15) is 5.10 Å². The minimum absolute atomic E-state index is 0.874. The summed E-state index contributed by atoms with van der Waals surface area (Å²) in [6.45, 7) is 0. The highest BCUT2D eigenvalue weighted by Gasteiger charge is 2.06. The van der Waals surface area contributed by atoms with Gasteiger partial charge in [0.05, 0.1) is 18.3 Å². The largest absolute Gasteiger partial charge is 0.497 e. The number of aromatic nitrogens is 2. The Hall–Kier alpha value is -0.810. The van der Waals surface area contributed by atoms with E-state index >= 15 is 0 Å². The van der Waals surface area contributed by atoms with Crippen molar-refractivity contribution >= 4 is 32.5 Å². The van der Waals surface area contributed by atoms with Crippen molar-refractivity contribution in [3.8, 4) is 5.75 Å². The van der Waals surface area contributed by atoms with Crippen molar-refractivity contribution in [1.29, 1.82) is 0 Å². The molecule has 2 rings (SSSR count). The smallest absolute Gasteiger partial charge is 0.119 e. The predicted octanol–water partition coefficient (Wildman–Crippen LogP) is 3.08. The van der Waals surface area contributed by atoms with Crippen LogP contribution in [0.3, 0.4) is 0 Å². The fourth-order valence-electron chi connectivity index (χ4n) is 1.40. The molecule has 0 aliphatic carbocycles. The quantitative estimate of drug-likeness (QED) is 0.833. The molecule has 1 aromatic carbocycles. The monoisotopic (exact) mass is 240 g/mol. The Balaban J connectivity index is 2.38. The van der Waals surface area contributed by atoms with E-state index in [1.165, 1.54) is 0 Å². The van der Waals surface area contributed by atoms with Gasteiger partial charge in [-0.3, -0.25) is 5.10 Å². The zero-order valence-corrected chi connectivity index (χ0v) is 10.2. The Morgan fingerprint density at radius 1 is 1.47 bits per heavy atom. The molecule has 0 fully saturated rings. The molecule has 1 heterocycles. The Morgan fingerprint density at radius 3 is 3.07 bits per heavy atom. The fraction of sp³-hybridized carbons (Fsp3) is 0.300. The van der Waals surface area contributed by atoms with E-state index in [-0.39, 0.29) is 0 Å². The summed E-state index contributed by atoms with van der Waals surface area (Å²) in [6.07, 6.45) is 2.07. The van der Waals surface area contributed by atoms with Gasteiger partial charge in [-0.15, -0.1) is 0 Å². The average Bonchev–Trinajstić information content (AvgIpc) is 2.68. The van der Waals surface area contributed by atoms with E-state index in [1.807, 2.05) is 18.2 Å². The molecule has 1 aromatic heterocycles. The van der Waals surface area contributed by atoms with Crippen LogP contribution in [0.1, 0.15) is 5.69 Å². The van der Waals surface area contributed by atoms with Crippen molar-refractivity contribution in [1.82, 2.24) is 10.2 Å². The van der Waals surface area contributed by atoms with Crippen LogP contribution in [0.4, 0.5) is 0 Å². The van der Waals surface area contributed by atoms with Crippen molar-refractivity contribution in [3.63, 3.8) is 0 Å². The number of ether oxygens (including phenoxy) is 1. The van der Waals surface area contributed by atoms with Crippen molar-refractivity contribution in [2.45, 2.75) is 5.75 Å². The van der Waals surface area contributed by atoms with Gasteiger partial charge in [-0.05, 0) is 24.5 Å². The first-order valence-electron chi connectivity index (χ1n) is 4.51. The van der Waals surface area contributed by atoms with E-state index in [0.29, 0.717) is 0 Å². The molecule has 0 radical (unpaired) electrons. The van der Waals surface area contributed by atoms with Crippen LogP contribution in [0, 0.1) is 0 Å². The highest BCUT2D eigenvalue weighted by Crippen LogP contribution is 2.28. The Bertz CT molecular complexity index is 456. The number of H-pyrrole nitrogens is 1. The van der Waals surface area contributed by atoms with E-state index in [4.69, 9.17) is 4.74 Å². The third-order valence-corrected chi connectivity index (χ3v) is 3.85. The molecule has 0 atom stereocenters. The van der Waals surface area contributed by atoms with Gasteiger partial charge >= 0.3 is 0 Å². The van der Waals surface area contributed by atoms with Crippen LogP contribution in [0.15, 0.2) is 18.2 Å². The molecule has 1 N–H and O–H groups in total. The van der Waals surface area contributed by atoms with Crippen LogP contribution in [0.2, 0.25) is 0 Å². The van der Waals surface area contributed by atoms with Gasteiger partial charge < -0.3 is 4.74 Å². The summed E-state index contributed by atoms with van der Waals surface area (Å²) >= 11 is 0. The molecule has 0 unspecified atom stereocenters. The van der Waals surface area contributed by atoms with Crippen LogP contribution >= 0.6 is 21.6 Å². The van der Waals surface area contributed by atoms with Crippen molar-refractivity contribution in [2.75, 3.05) is 13.4 Å². The number of fused-ring (bicyclic) bond motifs is 1. The highest BCUT2D eigenvalue weighted by molar-refractivity contribution is 8.76. The van der Waals surface area contributed by atoms with Crippen LogP contribution in [0.25, 0.3) is 10.9 Å². The maximum atomic E-state index is 5.20. The maximum Gasteiger partial charge on any atom is 0.119 e. The summed E-state index contributed by atoms with van der Waals surface area (Å²) in [5.41, 5.74) is 2.15. The number of nitrogens with zero attached hydrogens (tertiary/aromatic N) is 1. The summed E-state index contributed by atoms with van der Waals surface area (Å²) in [6, 6.07) is 5.95. The van der Waals surface area contributed by atoms with Gasteiger partial charge in [-0.1, -0.05) is 21.6 Å². The normalized spacial score (nSPS) is 10.8. The molecule has 0 spiro atoms. The summed E-state index contributed by atoms with van der Waals surface area (Å²) in [7, 11) is 5.22. The fourth-order valence-corrected chi connectivity index (χ4v) is 2.54. The summed E-state index contributed by atoms with van der Waals surface area (Å²) in [5.74, 6) is 1.79. The zero-order valence-electron chi connectivity index (χ0n) is 8.61. The third kappa shape index (κ3) is 2.23. The summed E-state index contributed by atoms with van der Waals surface area (Å²) < 4.78 is 5.20. The van der Waals surface area contributed by atoms with Gasteiger partial charge in [0, 0.05) is 11.1 Å². The molecule has 3 nitrogen and oxygen atoms in total. The first kappa shape index (κ1) is 10.7. The lowest BCUT2D eigenvalue weighted by molar-refractivity contribution is 0.415. The minimum Gasteiger partial charge on any atom is -0.497 e. The molecule has 0 aliphatic heterocycles. The number of nitrogens with one attached hydrogen (secondary N) is 1. The second-order valence-electron chi connectivity index (χ2n) is 3.01. The van der Waals surface area contributed by atoms with Crippen LogP contribution in [-0.4, -0.2) is 23.6 Å². The number of hydrogen-bond acceptors (Lipinski definition) is 4. The first-order valence-corrected chi connectivity index (χ1v) is 7.24. The van der Waals surface area contributed by atoms with Crippen LogP contribution in [0.5, 0.6) is 5.75 Å². The van der Waals surface area contributed by atoms with Gasteiger partial charge in [0.25, 0.3) is 0 Å². The van der Waals surface area contributed by atoms with E-state index < -0.39 is 0 Å². The number of rotatable bonds is 4. The lowest BCUT2D eigenvalue weighted by atomic mass is 10.2. The standard InChI is InChI=1S/C10H12N2OS2/c1-13-7-3-4-9-8(5-7)10(12-11-9)6-15-14-2/h3-5H,6H2,1-2H3,(H,11,12). The van der Waals surface area contributed by atoms with E-state index in [0.717, 1.165) is 28.1 Å². The number of aromatic amines is 1. The average molecular weight is 240 g/mol. The van der Waals surface area contributed by atoms with Gasteiger partial charge in [0.15, 0.2) is 0 Å². The van der Waals surface area contributed by atoms with Gasteiger partial charge in [0.2, 0.25) is 0 Å². The number of methoxy groups -OCH3 is 1. The topological polar surface area (TPSA) is 37.9 Å². The van der Waals surface area contributed by atoms with Crippen molar-refractivity contribution in [3.05, 3.63) is 23.9 Å². The second-order valence-corrected chi connectivity index (χ2v) is 5.58. The van der Waals surface area contributed by atoms with E-state index in [2.05, 4.69) is 16.5 Å². The zero-order chi connectivity index (χ0) is 10.7. The van der Waals surface area contributed by atoms with Gasteiger partial charge in [0.1, 0.15) is 5.75 Å². The van der Waals surface area contributed by atoms with Gasteiger partial charge in [-0.25, -0.2) is 0 Å². The lowest BCUT2D eigenvalue weighted by Gasteiger charge is -1.99. The Labute approximate surface area is 96.4 Å². The highest BCUT2D eigenvalue weighted by atomic mass is 33.1.